The van der Waals surface area contributed by atoms with E-state index in [9.17, 15) is 14.7 Å². The fraction of sp³-hybridized carbons (Fsp3) is 0.750. The Kier molecular flexibility index (Phi) is 18.6. The van der Waals surface area contributed by atoms with Crippen molar-refractivity contribution in [3.8, 4) is 0 Å². The standard InChI is InChI=1S/C8H15NO3.2Zn/c1-7(10)9-6-4-2-3-5-8(11)12;;/h2-6H2,1H3,(H,9,10)(H,11,12);;/p-1. The molecule has 0 aromatic rings. The maximum atomic E-state index is 10.4. The third-order valence-corrected chi connectivity index (χ3v) is 1.43. The van der Waals surface area contributed by atoms with Crippen LogP contribution in [0.15, 0.2) is 0 Å². The number of unbranched alkanes of at least 4 members (excludes halogenated alkanes) is 2. The molecule has 0 heterocycles. The molecule has 0 fully saturated rings. The van der Waals surface area contributed by atoms with Gasteiger partial charge in [-0.15, -0.1) is 0 Å². The van der Waals surface area contributed by atoms with E-state index in [0.717, 1.165) is 12.8 Å². The van der Waals surface area contributed by atoms with E-state index >= 15 is 0 Å². The number of carboxylic acid groups (broad SMARTS) is 1. The minimum atomic E-state index is -1.01. The van der Waals surface area contributed by atoms with Gasteiger partial charge in [0.1, 0.15) is 0 Å². The molecule has 0 aliphatic heterocycles. The Morgan fingerprint density at radius 1 is 1.14 bits per heavy atom. The van der Waals surface area contributed by atoms with E-state index in [2.05, 4.69) is 5.32 Å². The Hall–Kier alpha value is 0.187. The Labute approximate surface area is 110 Å². The molecule has 74 valence electrons. The van der Waals surface area contributed by atoms with Gasteiger partial charge in [0, 0.05) is 58.4 Å². The molecule has 0 spiro atoms. The zero-order valence-corrected chi connectivity index (χ0v) is 14.6. The summed E-state index contributed by atoms with van der Waals surface area (Å²) in [6.45, 7) is 2.09. The van der Waals surface area contributed by atoms with E-state index in [1.807, 2.05) is 0 Å². The minimum Gasteiger partial charge on any atom is -0.550 e. The summed E-state index contributed by atoms with van der Waals surface area (Å²) in [7, 11) is 0. The summed E-state index contributed by atoms with van der Waals surface area (Å²) in [5.74, 6) is -1.05. The zero-order chi connectivity index (χ0) is 9.40. The summed E-state index contributed by atoms with van der Waals surface area (Å²) in [6.07, 6.45) is 2.38. The van der Waals surface area contributed by atoms with Crippen LogP contribution in [0.5, 0.6) is 0 Å². The monoisotopic (exact) mass is 300 g/mol. The molecule has 14 heavy (non-hydrogen) atoms. The predicted molar refractivity (Wildman–Crippen MR) is 42.2 cm³/mol. The maximum absolute atomic E-state index is 10.4. The molecule has 1 amide bonds. The van der Waals surface area contributed by atoms with Crippen LogP contribution in [0.2, 0.25) is 0 Å². The number of aliphatic carboxylic acids is 1. The van der Waals surface area contributed by atoms with Gasteiger partial charge in [-0.3, -0.25) is 4.79 Å². The van der Waals surface area contributed by atoms with E-state index in [0.29, 0.717) is 13.0 Å². The van der Waals surface area contributed by atoms with Gasteiger partial charge in [0.05, 0.1) is 0 Å². The first-order valence-electron chi connectivity index (χ1n) is 4.07. The van der Waals surface area contributed by atoms with Crippen LogP contribution in [0.3, 0.4) is 0 Å². The molecule has 0 unspecified atom stereocenters. The molecule has 0 saturated heterocycles. The molecule has 0 aliphatic rings. The fourth-order valence-electron chi connectivity index (χ4n) is 0.836. The summed E-state index contributed by atoms with van der Waals surface area (Å²) in [5, 5.41) is 12.6. The van der Waals surface area contributed by atoms with Crippen molar-refractivity contribution in [3.05, 3.63) is 0 Å². The van der Waals surface area contributed by atoms with Crippen molar-refractivity contribution in [2.45, 2.75) is 32.6 Å². The molecular formula is C8H14NO3Zn2-. The third-order valence-electron chi connectivity index (χ3n) is 1.43. The molecule has 0 aromatic carbocycles. The van der Waals surface area contributed by atoms with Gasteiger partial charge in [0.25, 0.3) is 0 Å². The van der Waals surface area contributed by atoms with Crippen LogP contribution in [0.4, 0.5) is 0 Å². The smallest absolute Gasteiger partial charge is 0.216 e. The van der Waals surface area contributed by atoms with Crippen molar-refractivity contribution in [3.63, 3.8) is 0 Å². The van der Waals surface area contributed by atoms with Gasteiger partial charge in [-0.25, -0.2) is 0 Å². The Morgan fingerprint density at radius 3 is 2.14 bits per heavy atom. The zero-order valence-electron chi connectivity index (χ0n) is 8.67. The average molecular weight is 303 g/mol. The SMILES string of the molecule is CC(=O)NCCCCCC(=O)[O-].[Zn].[Zn]. The third kappa shape index (κ3) is 18.1. The largest absolute Gasteiger partial charge is 0.550 e. The molecule has 0 rings (SSSR count). The molecule has 0 atom stereocenters. The second kappa shape index (κ2) is 13.2. The molecular weight excluding hydrogens is 289 g/mol. The normalized spacial score (nSPS) is 8.07. The number of amides is 1. The van der Waals surface area contributed by atoms with Crippen LogP contribution in [-0.4, -0.2) is 18.4 Å². The first kappa shape index (κ1) is 19.7. The second-order valence-corrected chi connectivity index (χ2v) is 2.67. The van der Waals surface area contributed by atoms with E-state index < -0.39 is 5.97 Å². The Balaban J connectivity index is -0.000000605. The van der Waals surface area contributed by atoms with Gasteiger partial charge in [0.15, 0.2) is 0 Å². The number of hydrogen-bond acceptors (Lipinski definition) is 3. The molecule has 0 aromatic heterocycles. The average Bonchev–Trinajstić information content (AvgIpc) is 1.95. The summed E-state index contributed by atoms with van der Waals surface area (Å²) >= 11 is 0. The maximum Gasteiger partial charge on any atom is 0.216 e. The molecule has 0 saturated carbocycles. The minimum absolute atomic E-state index is 0. The molecule has 1 N–H and O–H groups in total. The molecule has 0 radical (unpaired) electrons. The molecule has 4 nitrogen and oxygen atoms in total. The predicted octanol–water partition coefficient (Wildman–Crippen LogP) is -0.572. The van der Waals surface area contributed by atoms with Crippen molar-refractivity contribution in [1.29, 1.82) is 0 Å². The summed E-state index contributed by atoms with van der Waals surface area (Å²) in [6, 6.07) is 0. The summed E-state index contributed by atoms with van der Waals surface area (Å²) in [5.41, 5.74) is 0. The van der Waals surface area contributed by atoms with Gasteiger partial charge < -0.3 is 15.2 Å². The van der Waals surface area contributed by atoms with E-state index in [1.165, 1.54) is 6.92 Å². The number of nitrogens with one attached hydrogen (secondary N) is 1. The van der Waals surface area contributed by atoms with Crippen LogP contribution in [0.25, 0.3) is 0 Å². The van der Waals surface area contributed by atoms with E-state index in [4.69, 9.17) is 0 Å². The number of carbonyl (C=O) groups excluding carboxylic acids is 2. The van der Waals surface area contributed by atoms with Crippen LogP contribution in [0, 0.1) is 0 Å². The van der Waals surface area contributed by atoms with Crippen LogP contribution < -0.4 is 10.4 Å². The molecule has 0 bridgehead atoms. The quantitative estimate of drug-likeness (QED) is 0.528. The van der Waals surface area contributed by atoms with E-state index in [1.54, 1.807) is 0 Å². The summed E-state index contributed by atoms with van der Waals surface area (Å²) < 4.78 is 0. The van der Waals surface area contributed by atoms with Gasteiger partial charge >= 0.3 is 0 Å². The van der Waals surface area contributed by atoms with Crippen molar-refractivity contribution >= 4 is 11.9 Å². The number of hydrogen-bond donors (Lipinski definition) is 1. The van der Waals surface area contributed by atoms with E-state index in [-0.39, 0.29) is 51.3 Å². The van der Waals surface area contributed by atoms with Gasteiger partial charge in [-0.05, 0) is 19.3 Å². The number of carbonyl (C=O) groups is 2. The molecule has 0 aliphatic carbocycles. The fourth-order valence-corrected chi connectivity index (χ4v) is 0.836. The Bertz CT molecular complexity index is 147. The van der Waals surface area contributed by atoms with Crippen molar-refractivity contribution in [1.82, 2.24) is 5.32 Å². The van der Waals surface area contributed by atoms with Gasteiger partial charge in [0.2, 0.25) is 5.91 Å². The number of carboxylic acids is 1. The van der Waals surface area contributed by atoms with Crippen LogP contribution >= 0.6 is 0 Å². The topological polar surface area (TPSA) is 69.2 Å². The first-order chi connectivity index (χ1) is 5.63. The van der Waals surface area contributed by atoms with Crippen molar-refractivity contribution in [2.24, 2.45) is 0 Å². The molecule has 6 heteroatoms. The first-order valence-corrected chi connectivity index (χ1v) is 4.07. The van der Waals surface area contributed by atoms with Gasteiger partial charge in [-0.1, -0.05) is 6.42 Å². The van der Waals surface area contributed by atoms with Crippen LogP contribution in [-0.2, 0) is 48.5 Å². The van der Waals surface area contributed by atoms with Crippen molar-refractivity contribution in [2.75, 3.05) is 6.54 Å². The number of rotatable bonds is 6. The van der Waals surface area contributed by atoms with Crippen LogP contribution in [0.1, 0.15) is 32.6 Å². The van der Waals surface area contributed by atoms with Crippen molar-refractivity contribution < 1.29 is 53.7 Å². The Morgan fingerprint density at radius 2 is 1.71 bits per heavy atom. The summed E-state index contributed by atoms with van der Waals surface area (Å²) in [4.78, 5) is 20.3. The second-order valence-electron chi connectivity index (χ2n) is 2.67. The van der Waals surface area contributed by atoms with Gasteiger partial charge in [-0.2, -0.15) is 0 Å².